The topological polar surface area (TPSA) is 81.9 Å². The van der Waals surface area contributed by atoms with E-state index in [1.807, 2.05) is 33.8 Å². The number of H-pyrrole nitrogens is 1. The van der Waals surface area contributed by atoms with Crippen molar-refractivity contribution in [3.8, 4) is 0 Å². The van der Waals surface area contributed by atoms with Crippen molar-refractivity contribution in [3.05, 3.63) is 54.1 Å². The number of pyridine rings is 1. The SMILES string of the molecule is C=Cc1c[n+](CC(O)C(=O)Nc2cnc(C)c(C)c2)[nH]c1C=C.CC. The van der Waals surface area contributed by atoms with Crippen LogP contribution in [0.4, 0.5) is 5.69 Å². The maximum absolute atomic E-state index is 12.1. The van der Waals surface area contributed by atoms with Crippen LogP contribution in [0.25, 0.3) is 12.2 Å². The largest absolute Gasteiger partial charge is 0.378 e. The normalized spacial score (nSPS) is 11.1. The predicted molar refractivity (Wildman–Crippen MR) is 101 cm³/mol. The zero-order valence-electron chi connectivity index (χ0n) is 15.3. The monoisotopic (exact) mass is 343 g/mol. The molecule has 2 rings (SSSR count). The van der Waals surface area contributed by atoms with Crippen molar-refractivity contribution in [2.24, 2.45) is 0 Å². The van der Waals surface area contributed by atoms with E-state index in [1.165, 1.54) is 0 Å². The van der Waals surface area contributed by atoms with Crippen LogP contribution in [0, 0.1) is 13.8 Å². The summed E-state index contributed by atoms with van der Waals surface area (Å²) in [7, 11) is 0. The van der Waals surface area contributed by atoms with Gasteiger partial charge in [-0.05, 0) is 31.6 Å². The molecular formula is C19H27N4O2+. The molecule has 0 aliphatic carbocycles. The molecule has 0 aromatic carbocycles. The van der Waals surface area contributed by atoms with Crippen molar-refractivity contribution in [2.45, 2.75) is 40.3 Å². The summed E-state index contributed by atoms with van der Waals surface area (Å²) in [5, 5.41) is 15.8. The Morgan fingerprint density at radius 2 is 2.08 bits per heavy atom. The van der Waals surface area contributed by atoms with Crippen LogP contribution in [0.3, 0.4) is 0 Å². The van der Waals surface area contributed by atoms with E-state index in [2.05, 4.69) is 28.6 Å². The first-order chi connectivity index (χ1) is 11.9. The number of aliphatic hydroxyl groups excluding tert-OH is 1. The molecule has 1 unspecified atom stereocenters. The fourth-order valence-electron chi connectivity index (χ4n) is 2.12. The van der Waals surface area contributed by atoms with Gasteiger partial charge in [0.05, 0.1) is 17.4 Å². The standard InChI is InChI=1S/C17H20N4O2.C2H6/c1-5-13-9-21(20-15(13)6-2)10-16(22)17(23)19-14-7-11(3)12(4)18-8-14;1-2/h5-9,16,22H,1-2,10H2,3-4H3,(H,19,23);1-2H3/p+1. The molecule has 1 atom stereocenters. The minimum atomic E-state index is -1.20. The Morgan fingerprint density at radius 1 is 1.40 bits per heavy atom. The second-order valence-corrected chi connectivity index (χ2v) is 5.30. The number of carbonyl (C=O) groups excluding carboxylic acids is 1. The molecule has 0 fully saturated rings. The van der Waals surface area contributed by atoms with Gasteiger partial charge in [-0.25, -0.2) is 0 Å². The zero-order chi connectivity index (χ0) is 19.0. The third-order valence-corrected chi connectivity index (χ3v) is 3.57. The molecule has 0 spiro atoms. The lowest BCUT2D eigenvalue weighted by Gasteiger charge is -2.09. The third kappa shape index (κ3) is 5.39. The Bertz CT molecular complexity index is 724. The van der Waals surface area contributed by atoms with E-state index in [1.54, 1.807) is 29.2 Å². The Kier molecular flexibility index (Phi) is 7.75. The molecule has 2 heterocycles. The number of anilines is 1. The van der Waals surface area contributed by atoms with Crippen LogP contribution in [-0.4, -0.2) is 27.2 Å². The van der Waals surface area contributed by atoms with Gasteiger partial charge in [-0.1, -0.05) is 33.1 Å². The highest BCUT2D eigenvalue weighted by atomic mass is 16.3. The van der Waals surface area contributed by atoms with Gasteiger partial charge in [0, 0.05) is 5.69 Å². The van der Waals surface area contributed by atoms with E-state index in [0.29, 0.717) is 5.69 Å². The predicted octanol–water partition coefficient (Wildman–Crippen LogP) is 2.63. The molecule has 0 saturated carbocycles. The first-order valence-corrected chi connectivity index (χ1v) is 8.24. The number of rotatable bonds is 6. The Labute approximate surface area is 148 Å². The van der Waals surface area contributed by atoms with E-state index in [0.717, 1.165) is 22.5 Å². The molecule has 0 aliphatic rings. The first kappa shape index (κ1) is 20.3. The highest BCUT2D eigenvalue weighted by molar-refractivity contribution is 5.93. The van der Waals surface area contributed by atoms with Crippen molar-refractivity contribution >= 4 is 23.7 Å². The molecule has 0 radical (unpaired) electrons. The van der Waals surface area contributed by atoms with Crippen molar-refractivity contribution in [3.63, 3.8) is 0 Å². The quantitative estimate of drug-likeness (QED) is 0.705. The van der Waals surface area contributed by atoms with Crippen LogP contribution in [0.2, 0.25) is 0 Å². The van der Waals surface area contributed by atoms with Crippen LogP contribution in [0.15, 0.2) is 31.6 Å². The van der Waals surface area contributed by atoms with Gasteiger partial charge in [-0.15, -0.1) is 4.68 Å². The molecule has 6 heteroatoms. The van der Waals surface area contributed by atoms with Crippen LogP contribution >= 0.6 is 0 Å². The first-order valence-electron chi connectivity index (χ1n) is 8.24. The van der Waals surface area contributed by atoms with E-state index < -0.39 is 12.0 Å². The van der Waals surface area contributed by atoms with Gasteiger partial charge >= 0.3 is 0 Å². The van der Waals surface area contributed by atoms with E-state index >= 15 is 0 Å². The number of amides is 1. The zero-order valence-corrected chi connectivity index (χ0v) is 15.3. The van der Waals surface area contributed by atoms with Gasteiger partial charge in [0.2, 0.25) is 12.7 Å². The molecule has 3 N–H and O–H groups in total. The van der Waals surface area contributed by atoms with Gasteiger partial charge in [-0.3, -0.25) is 9.78 Å². The van der Waals surface area contributed by atoms with Crippen molar-refractivity contribution < 1.29 is 14.6 Å². The van der Waals surface area contributed by atoms with Gasteiger partial charge in [0.1, 0.15) is 5.69 Å². The molecule has 134 valence electrons. The van der Waals surface area contributed by atoms with E-state index in [9.17, 15) is 9.90 Å². The lowest BCUT2D eigenvalue weighted by atomic mass is 10.2. The lowest BCUT2D eigenvalue weighted by Crippen LogP contribution is -2.45. The van der Waals surface area contributed by atoms with Crippen LogP contribution in [-0.2, 0) is 11.3 Å². The summed E-state index contributed by atoms with van der Waals surface area (Å²) in [6.07, 6.45) is 5.46. The fourth-order valence-corrected chi connectivity index (χ4v) is 2.12. The molecule has 0 saturated heterocycles. The van der Waals surface area contributed by atoms with Gasteiger partial charge < -0.3 is 10.4 Å². The lowest BCUT2D eigenvalue weighted by molar-refractivity contribution is -0.753. The molecule has 6 nitrogen and oxygen atoms in total. The number of nitrogens with one attached hydrogen (secondary N) is 2. The van der Waals surface area contributed by atoms with Crippen molar-refractivity contribution in [1.29, 1.82) is 0 Å². The third-order valence-electron chi connectivity index (χ3n) is 3.57. The van der Waals surface area contributed by atoms with Crippen LogP contribution < -0.4 is 10.00 Å². The number of nitrogens with zero attached hydrogens (tertiary/aromatic N) is 2. The summed E-state index contributed by atoms with van der Waals surface area (Å²) in [6, 6.07) is 1.82. The molecule has 2 aromatic heterocycles. The van der Waals surface area contributed by atoms with Crippen molar-refractivity contribution in [2.75, 3.05) is 5.32 Å². The molecule has 0 bridgehead atoms. The molecule has 1 amide bonds. The summed E-state index contributed by atoms with van der Waals surface area (Å²) in [5.74, 6) is -0.488. The number of aromatic nitrogens is 3. The molecule has 25 heavy (non-hydrogen) atoms. The number of aromatic amines is 1. The highest BCUT2D eigenvalue weighted by Crippen LogP contribution is 2.11. The van der Waals surface area contributed by atoms with Gasteiger partial charge in [0.15, 0.2) is 6.10 Å². The van der Waals surface area contributed by atoms with E-state index in [-0.39, 0.29) is 6.54 Å². The minimum absolute atomic E-state index is 0.0960. The Morgan fingerprint density at radius 3 is 2.60 bits per heavy atom. The molecule has 2 aromatic rings. The summed E-state index contributed by atoms with van der Waals surface area (Å²) >= 11 is 0. The summed E-state index contributed by atoms with van der Waals surface area (Å²) in [6.45, 7) is 15.3. The van der Waals surface area contributed by atoms with Crippen molar-refractivity contribution in [1.82, 2.24) is 10.1 Å². The van der Waals surface area contributed by atoms with Gasteiger partial charge in [-0.2, -0.15) is 5.10 Å². The van der Waals surface area contributed by atoms with Crippen LogP contribution in [0.5, 0.6) is 0 Å². The number of carbonyl (C=O) groups is 1. The number of aliphatic hydroxyl groups is 1. The summed E-state index contributed by atoms with van der Waals surface area (Å²) < 4.78 is 1.62. The maximum Gasteiger partial charge on any atom is 0.260 e. The van der Waals surface area contributed by atoms with E-state index in [4.69, 9.17) is 0 Å². The van der Waals surface area contributed by atoms with Gasteiger partial charge in [0.25, 0.3) is 5.91 Å². The smallest absolute Gasteiger partial charge is 0.260 e. The second kappa shape index (κ2) is 9.54. The Hall–Kier alpha value is -2.73. The molecular weight excluding hydrogens is 316 g/mol. The average molecular weight is 343 g/mol. The summed E-state index contributed by atoms with van der Waals surface area (Å²) in [5.41, 5.74) is 4.07. The minimum Gasteiger partial charge on any atom is -0.378 e. The fraction of sp³-hybridized carbons (Fsp3) is 0.316. The number of hydrogen-bond acceptors (Lipinski definition) is 3. The maximum atomic E-state index is 12.1. The summed E-state index contributed by atoms with van der Waals surface area (Å²) in [4.78, 5) is 16.3. The average Bonchev–Trinajstić information content (AvgIpc) is 3.01. The highest BCUT2D eigenvalue weighted by Gasteiger charge is 2.22. The number of aryl methyl sites for hydroxylation is 2. The Balaban J connectivity index is 0.00000151. The second-order valence-electron chi connectivity index (χ2n) is 5.30. The number of hydrogen-bond donors (Lipinski definition) is 3. The molecule has 0 aliphatic heterocycles. The van der Waals surface area contributed by atoms with Crippen LogP contribution in [0.1, 0.15) is 36.4 Å².